The topological polar surface area (TPSA) is 113 Å². The molecule has 0 atom stereocenters. The molecule has 4 aromatic rings. The maximum absolute atomic E-state index is 13.2. The van der Waals surface area contributed by atoms with Gasteiger partial charge in [-0.25, -0.2) is 14.2 Å². The van der Waals surface area contributed by atoms with Crippen LogP contribution in [0.4, 0.5) is 0 Å². The van der Waals surface area contributed by atoms with Crippen molar-refractivity contribution in [1.82, 2.24) is 13.7 Å². The third-order valence-electron chi connectivity index (χ3n) is 5.34. The van der Waals surface area contributed by atoms with Crippen molar-refractivity contribution < 1.29 is 19.4 Å². The lowest BCUT2D eigenvalue weighted by Gasteiger charge is -2.12. The lowest BCUT2D eigenvalue weighted by atomic mass is 10.1. The minimum atomic E-state index is -1.31. The number of aromatic nitrogens is 3. The van der Waals surface area contributed by atoms with Crippen molar-refractivity contribution in [3.8, 4) is 0 Å². The van der Waals surface area contributed by atoms with Crippen LogP contribution in [0.2, 0.25) is 0 Å². The molecule has 0 saturated heterocycles. The van der Waals surface area contributed by atoms with Crippen molar-refractivity contribution in [3.63, 3.8) is 0 Å². The van der Waals surface area contributed by atoms with E-state index in [1.807, 2.05) is 42.1 Å². The van der Waals surface area contributed by atoms with Crippen LogP contribution < -0.4 is 11.2 Å². The first kappa shape index (κ1) is 21.6. The highest BCUT2D eigenvalue weighted by Crippen LogP contribution is 2.29. The molecule has 10 heteroatoms. The number of ether oxygens (including phenoxy) is 1. The lowest BCUT2D eigenvalue weighted by Crippen LogP contribution is -2.41. The Kier molecular flexibility index (Phi) is 5.47. The van der Waals surface area contributed by atoms with Gasteiger partial charge in [0.25, 0.3) is 5.56 Å². The number of benzene rings is 1. The highest BCUT2D eigenvalue weighted by Gasteiger charge is 2.24. The number of hydrogen-bond acceptors (Lipinski definition) is 6. The Morgan fingerprint density at radius 2 is 1.91 bits per heavy atom. The number of carboxylic acids is 1. The van der Waals surface area contributed by atoms with Gasteiger partial charge in [0.1, 0.15) is 16.3 Å². The molecule has 1 N–H and O–H groups in total. The maximum Gasteiger partial charge on any atom is 0.348 e. The van der Waals surface area contributed by atoms with E-state index < -0.39 is 29.7 Å². The molecule has 0 amide bonds. The molecule has 0 aliphatic carbocycles. The molecule has 0 radical (unpaired) electrons. The minimum Gasteiger partial charge on any atom is -0.480 e. The Balaban J connectivity index is 1.98. The molecule has 32 heavy (non-hydrogen) atoms. The van der Waals surface area contributed by atoms with Crippen LogP contribution in [0.5, 0.6) is 0 Å². The number of fused-ring (bicyclic) bond motifs is 2. The van der Waals surface area contributed by atoms with Crippen LogP contribution >= 0.6 is 11.3 Å². The summed E-state index contributed by atoms with van der Waals surface area (Å²) in [5, 5.41) is 10.4. The second-order valence-electron chi connectivity index (χ2n) is 7.43. The zero-order chi connectivity index (χ0) is 23.2. The Morgan fingerprint density at radius 1 is 1.16 bits per heavy atom. The molecule has 0 fully saturated rings. The number of carbonyl (C=O) groups is 2. The van der Waals surface area contributed by atoms with E-state index in [0.717, 1.165) is 27.8 Å². The van der Waals surface area contributed by atoms with Crippen LogP contribution in [0, 0.1) is 6.92 Å². The van der Waals surface area contributed by atoms with E-state index in [9.17, 15) is 24.3 Å². The van der Waals surface area contributed by atoms with E-state index in [1.54, 1.807) is 13.8 Å². The first-order chi connectivity index (χ1) is 15.2. The minimum absolute atomic E-state index is 0.110. The van der Waals surface area contributed by atoms with Gasteiger partial charge in [0.15, 0.2) is 0 Å². The predicted octanol–water partition coefficient (Wildman–Crippen LogP) is 2.33. The fourth-order valence-corrected chi connectivity index (χ4v) is 4.98. The number of nitrogens with zero attached hydrogens (tertiary/aromatic N) is 3. The van der Waals surface area contributed by atoms with Gasteiger partial charge in [-0.05, 0) is 42.5 Å². The Hall–Kier alpha value is -3.66. The molecule has 0 bridgehead atoms. The number of carbonyl (C=O) groups excluding carboxylic acids is 1. The van der Waals surface area contributed by atoms with Crippen molar-refractivity contribution in [2.45, 2.75) is 26.9 Å². The van der Waals surface area contributed by atoms with Gasteiger partial charge in [0, 0.05) is 18.8 Å². The molecule has 9 nitrogen and oxygen atoms in total. The summed E-state index contributed by atoms with van der Waals surface area (Å²) in [6.45, 7) is 2.78. The largest absolute Gasteiger partial charge is 0.480 e. The summed E-state index contributed by atoms with van der Waals surface area (Å²) >= 11 is 1.00. The normalized spacial score (nSPS) is 11.3. The van der Waals surface area contributed by atoms with Gasteiger partial charge in [0.2, 0.25) is 0 Å². The summed E-state index contributed by atoms with van der Waals surface area (Å²) in [7, 11) is 1.91. The van der Waals surface area contributed by atoms with Crippen LogP contribution in [-0.4, -0.2) is 37.4 Å². The van der Waals surface area contributed by atoms with Gasteiger partial charge in [-0.3, -0.25) is 14.2 Å². The number of rotatable bonds is 6. The molecular formula is C22H21N3O6S. The van der Waals surface area contributed by atoms with Gasteiger partial charge < -0.3 is 14.4 Å². The first-order valence-electron chi connectivity index (χ1n) is 9.92. The van der Waals surface area contributed by atoms with Crippen LogP contribution in [0.25, 0.3) is 21.1 Å². The average molecular weight is 455 g/mol. The van der Waals surface area contributed by atoms with E-state index in [2.05, 4.69) is 0 Å². The van der Waals surface area contributed by atoms with Gasteiger partial charge in [-0.2, -0.15) is 0 Å². The molecule has 0 spiro atoms. The first-order valence-corrected chi connectivity index (χ1v) is 10.7. The molecule has 0 aliphatic rings. The van der Waals surface area contributed by atoms with E-state index in [4.69, 9.17) is 4.74 Å². The third-order valence-corrected chi connectivity index (χ3v) is 6.64. The molecule has 4 rings (SSSR count). The molecular weight excluding hydrogens is 434 g/mol. The molecule has 0 unspecified atom stereocenters. The molecule has 0 aliphatic heterocycles. The highest BCUT2D eigenvalue weighted by atomic mass is 32.1. The third kappa shape index (κ3) is 3.52. The summed E-state index contributed by atoms with van der Waals surface area (Å²) in [4.78, 5) is 50.5. The monoisotopic (exact) mass is 455 g/mol. The Morgan fingerprint density at radius 3 is 2.59 bits per heavy atom. The Labute approximate surface area is 185 Å². The summed E-state index contributed by atoms with van der Waals surface area (Å²) in [5.41, 5.74) is 0.672. The van der Waals surface area contributed by atoms with Crippen molar-refractivity contribution in [3.05, 3.63) is 67.3 Å². The second-order valence-corrected chi connectivity index (χ2v) is 8.43. The smallest absolute Gasteiger partial charge is 0.348 e. The second kappa shape index (κ2) is 8.12. The Bertz CT molecular complexity index is 1500. The fourth-order valence-electron chi connectivity index (χ4n) is 3.79. The molecule has 3 heterocycles. The number of aliphatic carboxylic acids is 1. The van der Waals surface area contributed by atoms with Gasteiger partial charge in [-0.1, -0.05) is 12.1 Å². The van der Waals surface area contributed by atoms with Crippen molar-refractivity contribution >= 4 is 44.4 Å². The lowest BCUT2D eigenvalue weighted by molar-refractivity contribution is -0.137. The van der Waals surface area contributed by atoms with Crippen LogP contribution in [-0.2, 0) is 29.7 Å². The van der Waals surface area contributed by atoms with Crippen molar-refractivity contribution in [1.29, 1.82) is 0 Å². The van der Waals surface area contributed by atoms with Gasteiger partial charge >= 0.3 is 17.6 Å². The average Bonchev–Trinajstić information content (AvgIpc) is 3.28. The van der Waals surface area contributed by atoms with E-state index >= 15 is 0 Å². The molecule has 3 aromatic heterocycles. The summed E-state index contributed by atoms with van der Waals surface area (Å²) in [5.74, 6) is -1.89. The number of aryl methyl sites for hydroxylation is 2. The summed E-state index contributed by atoms with van der Waals surface area (Å²) < 4.78 is 9.09. The number of thiophene rings is 1. The molecule has 166 valence electrons. The number of esters is 1. The predicted molar refractivity (Wildman–Crippen MR) is 121 cm³/mol. The quantitative estimate of drug-likeness (QED) is 0.447. The molecule has 0 saturated carbocycles. The number of carboxylic acid groups (broad SMARTS) is 1. The summed E-state index contributed by atoms with van der Waals surface area (Å²) in [6.07, 6.45) is 1.93. The summed E-state index contributed by atoms with van der Waals surface area (Å²) in [6, 6.07) is 7.72. The van der Waals surface area contributed by atoms with E-state index in [1.165, 1.54) is 4.57 Å². The van der Waals surface area contributed by atoms with Crippen LogP contribution in [0.1, 0.15) is 27.7 Å². The van der Waals surface area contributed by atoms with Crippen LogP contribution in [0.3, 0.4) is 0 Å². The SMILES string of the molecule is CCOC(=O)c1sc2c(c1C)c(=O)n(CC(=O)O)c(=O)n2Cc1ccc2ccn(C)c2c1. The molecule has 1 aromatic carbocycles. The van der Waals surface area contributed by atoms with E-state index in [0.29, 0.717) is 15.0 Å². The zero-order valence-electron chi connectivity index (χ0n) is 17.7. The highest BCUT2D eigenvalue weighted by molar-refractivity contribution is 7.20. The van der Waals surface area contributed by atoms with Crippen molar-refractivity contribution in [2.24, 2.45) is 7.05 Å². The van der Waals surface area contributed by atoms with Gasteiger partial charge in [0.05, 0.1) is 18.5 Å². The van der Waals surface area contributed by atoms with Crippen LogP contribution in [0.15, 0.2) is 40.1 Å². The fraction of sp³-hybridized carbons (Fsp3) is 0.273. The standard InChI is InChI=1S/C22H21N3O6S/c1-4-31-21(29)18-12(2)17-19(28)24(11-16(26)27)22(30)25(20(17)32-18)10-13-5-6-14-7-8-23(3)15(14)9-13/h5-9H,4,10-11H2,1-3H3,(H,26,27). The zero-order valence-corrected chi connectivity index (χ0v) is 18.6. The maximum atomic E-state index is 13.2. The van der Waals surface area contributed by atoms with Gasteiger partial charge in [-0.15, -0.1) is 11.3 Å². The number of hydrogen-bond donors (Lipinski definition) is 1. The van der Waals surface area contributed by atoms with Crippen molar-refractivity contribution in [2.75, 3.05) is 6.61 Å². The van der Waals surface area contributed by atoms with E-state index in [-0.39, 0.29) is 23.4 Å².